The van der Waals surface area contributed by atoms with Gasteiger partial charge in [-0.1, -0.05) is 6.42 Å². The van der Waals surface area contributed by atoms with E-state index >= 15 is 0 Å². The van der Waals surface area contributed by atoms with Crippen LogP contribution in [0, 0.1) is 11.8 Å². The van der Waals surface area contributed by atoms with Crippen molar-refractivity contribution in [3.8, 4) is 0 Å². The van der Waals surface area contributed by atoms with E-state index < -0.39 is 13.0 Å². The summed E-state index contributed by atoms with van der Waals surface area (Å²) in [6.07, 6.45) is 1.39. The Morgan fingerprint density at radius 1 is 1.44 bits per heavy atom. The number of ether oxygens (including phenoxy) is 1. The average Bonchev–Trinajstić information content (AvgIpc) is 2.37. The van der Waals surface area contributed by atoms with Crippen LogP contribution in [0.2, 0.25) is 0 Å². The third-order valence-electron chi connectivity index (χ3n) is 3.28. The lowest BCUT2D eigenvalue weighted by molar-refractivity contribution is -0.126. The molecule has 0 spiro atoms. The first-order chi connectivity index (χ1) is 8.63. The number of carbonyl (C=O) groups is 1. The van der Waals surface area contributed by atoms with Gasteiger partial charge in [0, 0.05) is 12.5 Å². The molecule has 4 nitrogen and oxygen atoms in total. The van der Waals surface area contributed by atoms with E-state index in [-0.39, 0.29) is 25.0 Å². The molecule has 1 rings (SSSR count). The first kappa shape index (κ1) is 15.3. The van der Waals surface area contributed by atoms with Gasteiger partial charge in [0.25, 0.3) is 6.43 Å². The van der Waals surface area contributed by atoms with Gasteiger partial charge in [-0.3, -0.25) is 4.79 Å². The number of hydrogen-bond acceptors (Lipinski definition) is 3. The van der Waals surface area contributed by atoms with Crippen LogP contribution in [-0.4, -0.2) is 38.6 Å². The first-order valence-corrected chi connectivity index (χ1v) is 6.47. The van der Waals surface area contributed by atoms with Crippen molar-refractivity contribution in [3.05, 3.63) is 0 Å². The van der Waals surface area contributed by atoms with Crippen LogP contribution in [0.4, 0.5) is 8.78 Å². The Kier molecular flexibility index (Phi) is 7.12. The molecule has 0 radical (unpaired) electrons. The molecule has 3 N–H and O–H groups in total. The smallest absolute Gasteiger partial charge is 0.261 e. The monoisotopic (exact) mass is 264 g/mol. The van der Waals surface area contributed by atoms with Gasteiger partial charge in [-0.2, -0.15) is 0 Å². The van der Waals surface area contributed by atoms with Gasteiger partial charge in [0.2, 0.25) is 5.91 Å². The molecule has 0 saturated heterocycles. The summed E-state index contributed by atoms with van der Waals surface area (Å²) in [5.74, 6) is 0.445. The minimum absolute atomic E-state index is 0.00574. The molecular weight excluding hydrogens is 242 g/mol. The molecule has 0 aliphatic heterocycles. The molecule has 0 bridgehead atoms. The molecule has 6 heteroatoms. The van der Waals surface area contributed by atoms with Gasteiger partial charge >= 0.3 is 0 Å². The summed E-state index contributed by atoms with van der Waals surface area (Å²) in [4.78, 5) is 11.8. The zero-order valence-electron chi connectivity index (χ0n) is 10.5. The average molecular weight is 264 g/mol. The Hall–Kier alpha value is -0.750. The predicted molar refractivity (Wildman–Crippen MR) is 64.3 cm³/mol. The molecule has 18 heavy (non-hydrogen) atoms. The highest BCUT2D eigenvalue weighted by Gasteiger charge is 2.26. The minimum atomic E-state index is -2.45. The summed E-state index contributed by atoms with van der Waals surface area (Å²) in [5.41, 5.74) is 5.61. The maximum absolute atomic E-state index is 11.8. The summed E-state index contributed by atoms with van der Waals surface area (Å²) >= 11 is 0. The van der Waals surface area contributed by atoms with Crippen LogP contribution < -0.4 is 11.1 Å². The van der Waals surface area contributed by atoms with Crippen molar-refractivity contribution in [1.82, 2.24) is 5.32 Å². The van der Waals surface area contributed by atoms with Crippen LogP contribution >= 0.6 is 0 Å². The first-order valence-electron chi connectivity index (χ1n) is 6.47. The maximum atomic E-state index is 11.8. The van der Waals surface area contributed by atoms with Gasteiger partial charge < -0.3 is 15.8 Å². The van der Waals surface area contributed by atoms with Gasteiger partial charge in [-0.05, 0) is 31.7 Å². The highest BCUT2D eigenvalue weighted by atomic mass is 19.3. The van der Waals surface area contributed by atoms with Gasteiger partial charge in [-0.25, -0.2) is 8.78 Å². The van der Waals surface area contributed by atoms with Gasteiger partial charge in [0.05, 0.1) is 6.61 Å². The van der Waals surface area contributed by atoms with E-state index in [0.717, 1.165) is 25.7 Å². The van der Waals surface area contributed by atoms with Gasteiger partial charge in [-0.15, -0.1) is 0 Å². The Morgan fingerprint density at radius 2 is 2.22 bits per heavy atom. The third kappa shape index (κ3) is 5.73. The van der Waals surface area contributed by atoms with Crippen LogP contribution in [0.5, 0.6) is 0 Å². The molecule has 0 heterocycles. The normalized spacial score (nSPS) is 24.2. The van der Waals surface area contributed by atoms with Crippen molar-refractivity contribution < 1.29 is 18.3 Å². The zero-order valence-corrected chi connectivity index (χ0v) is 10.5. The van der Waals surface area contributed by atoms with E-state index in [9.17, 15) is 13.6 Å². The molecule has 1 aliphatic rings. The highest BCUT2D eigenvalue weighted by molar-refractivity contribution is 5.78. The summed E-state index contributed by atoms with van der Waals surface area (Å²) in [6, 6.07) is 0. The summed E-state index contributed by atoms with van der Waals surface area (Å²) in [7, 11) is 0. The second-order valence-electron chi connectivity index (χ2n) is 4.72. The highest BCUT2D eigenvalue weighted by Crippen LogP contribution is 2.28. The summed E-state index contributed by atoms with van der Waals surface area (Å²) in [6.45, 7) is 0.467. The largest absolute Gasteiger partial charge is 0.374 e. The molecule has 0 aromatic rings. The zero-order chi connectivity index (χ0) is 13.4. The predicted octanol–water partition coefficient (Wildman–Crippen LogP) is 1.15. The van der Waals surface area contributed by atoms with Crippen LogP contribution in [0.25, 0.3) is 0 Å². The van der Waals surface area contributed by atoms with E-state index in [1.165, 1.54) is 0 Å². The lowest BCUT2D eigenvalue weighted by atomic mass is 9.81. The van der Waals surface area contributed by atoms with Crippen LogP contribution in [0.1, 0.15) is 25.7 Å². The second kappa shape index (κ2) is 8.37. The van der Waals surface area contributed by atoms with E-state index in [0.29, 0.717) is 12.5 Å². The second-order valence-corrected chi connectivity index (χ2v) is 4.72. The van der Waals surface area contributed by atoms with E-state index in [4.69, 9.17) is 10.5 Å². The molecule has 1 amide bonds. The van der Waals surface area contributed by atoms with Crippen molar-refractivity contribution in [2.24, 2.45) is 17.6 Å². The van der Waals surface area contributed by atoms with E-state index in [1.807, 2.05) is 0 Å². The Bertz CT molecular complexity index is 252. The number of halogens is 2. The fourth-order valence-electron chi connectivity index (χ4n) is 2.31. The Labute approximate surface area is 106 Å². The molecule has 1 saturated carbocycles. The number of alkyl halides is 2. The lowest BCUT2D eigenvalue weighted by Gasteiger charge is -2.27. The topological polar surface area (TPSA) is 64.4 Å². The molecule has 1 aliphatic carbocycles. The molecule has 2 unspecified atom stereocenters. The fourth-order valence-corrected chi connectivity index (χ4v) is 2.31. The van der Waals surface area contributed by atoms with Crippen molar-refractivity contribution in [2.45, 2.75) is 32.1 Å². The van der Waals surface area contributed by atoms with Crippen LogP contribution in [0.3, 0.4) is 0 Å². The molecule has 2 atom stereocenters. The number of nitrogens with two attached hydrogens (primary N) is 1. The number of hydrogen-bond donors (Lipinski definition) is 2. The van der Waals surface area contributed by atoms with Crippen molar-refractivity contribution in [3.63, 3.8) is 0 Å². The quantitative estimate of drug-likeness (QED) is 0.678. The Morgan fingerprint density at radius 3 is 2.89 bits per heavy atom. The van der Waals surface area contributed by atoms with Gasteiger partial charge in [0.15, 0.2) is 0 Å². The minimum Gasteiger partial charge on any atom is -0.374 e. The molecule has 0 aromatic heterocycles. The SMILES string of the molecule is NCC1CCCC(C(=O)NCCOCC(F)F)C1. The Balaban J connectivity index is 2.12. The molecule has 0 aromatic carbocycles. The van der Waals surface area contributed by atoms with Crippen LogP contribution in [0.15, 0.2) is 0 Å². The molecule has 106 valence electrons. The summed E-state index contributed by atoms with van der Waals surface area (Å²) < 4.78 is 28.2. The molecular formula is C12H22F2N2O2. The fraction of sp³-hybridized carbons (Fsp3) is 0.917. The van der Waals surface area contributed by atoms with E-state index in [1.54, 1.807) is 0 Å². The number of nitrogens with one attached hydrogen (secondary N) is 1. The van der Waals surface area contributed by atoms with E-state index in [2.05, 4.69) is 5.32 Å². The lowest BCUT2D eigenvalue weighted by Crippen LogP contribution is -2.36. The standard InChI is InChI=1S/C12H22F2N2O2/c13-11(14)8-18-5-4-16-12(17)10-3-1-2-9(6-10)7-15/h9-11H,1-8,15H2,(H,16,17). The van der Waals surface area contributed by atoms with Gasteiger partial charge in [0.1, 0.15) is 6.61 Å². The van der Waals surface area contributed by atoms with Crippen molar-refractivity contribution >= 4 is 5.91 Å². The number of carbonyl (C=O) groups excluding carboxylic acids is 1. The summed E-state index contributed by atoms with van der Waals surface area (Å²) in [5, 5.41) is 2.72. The molecule has 1 fully saturated rings. The van der Waals surface area contributed by atoms with Crippen molar-refractivity contribution in [1.29, 1.82) is 0 Å². The maximum Gasteiger partial charge on any atom is 0.261 e. The van der Waals surface area contributed by atoms with Crippen molar-refractivity contribution in [2.75, 3.05) is 26.3 Å². The number of rotatable bonds is 7. The number of amides is 1. The third-order valence-corrected chi connectivity index (χ3v) is 3.28. The van der Waals surface area contributed by atoms with Crippen LogP contribution in [-0.2, 0) is 9.53 Å².